The van der Waals surface area contributed by atoms with Gasteiger partial charge in [0.15, 0.2) is 5.78 Å². The lowest BCUT2D eigenvalue weighted by Gasteiger charge is -2.08. The number of carbonyl (C=O) groups excluding carboxylic acids is 2. The summed E-state index contributed by atoms with van der Waals surface area (Å²) in [6.07, 6.45) is 2.71. The summed E-state index contributed by atoms with van der Waals surface area (Å²) in [4.78, 5) is 22.2. The SMILES string of the molecule is C=CC(=O)OCCCCOc1ccc(-c2ccc(C(C)=O)cc2)cc1. The number of hydrogen-bond donors (Lipinski definition) is 0. The van der Waals surface area contributed by atoms with Gasteiger partial charge >= 0.3 is 5.97 Å². The van der Waals surface area contributed by atoms with E-state index in [1.165, 1.54) is 0 Å². The fourth-order valence-corrected chi connectivity index (χ4v) is 2.27. The Morgan fingerprint density at radius 3 is 2.04 bits per heavy atom. The first-order valence-electron chi connectivity index (χ1n) is 8.23. The zero-order valence-corrected chi connectivity index (χ0v) is 14.4. The van der Waals surface area contributed by atoms with Gasteiger partial charge in [0.05, 0.1) is 13.2 Å². The highest BCUT2D eigenvalue weighted by Crippen LogP contribution is 2.23. The lowest BCUT2D eigenvalue weighted by atomic mass is 10.0. The maximum absolute atomic E-state index is 11.3. The van der Waals surface area contributed by atoms with Gasteiger partial charge in [0.1, 0.15) is 5.75 Å². The van der Waals surface area contributed by atoms with Gasteiger partial charge in [-0.05, 0) is 43.0 Å². The van der Waals surface area contributed by atoms with Crippen LogP contribution in [0.1, 0.15) is 30.1 Å². The van der Waals surface area contributed by atoms with Gasteiger partial charge in [0.2, 0.25) is 0 Å². The molecule has 0 N–H and O–H groups in total. The van der Waals surface area contributed by atoms with E-state index in [4.69, 9.17) is 9.47 Å². The van der Waals surface area contributed by atoms with Gasteiger partial charge in [-0.3, -0.25) is 4.79 Å². The smallest absolute Gasteiger partial charge is 0.330 e. The molecule has 0 radical (unpaired) electrons. The second-order valence-electron chi connectivity index (χ2n) is 5.59. The second kappa shape index (κ2) is 9.42. The summed E-state index contributed by atoms with van der Waals surface area (Å²) >= 11 is 0. The number of carbonyl (C=O) groups is 2. The Balaban J connectivity index is 1.78. The largest absolute Gasteiger partial charge is 0.494 e. The van der Waals surface area contributed by atoms with Gasteiger partial charge in [0, 0.05) is 11.6 Å². The van der Waals surface area contributed by atoms with Crippen LogP contribution in [0.5, 0.6) is 5.75 Å². The Bertz CT molecular complexity index is 715. The summed E-state index contributed by atoms with van der Waals surface area (Å²) in [7, 11) is 0. The number of Topliss-reactive ketones (excluding diaryl/α,β-unsaturated/α-hetero) is 1. The van der Waals surface area contributed by atoms with Crippen LogP contribution in [0, 0.1) is 0 Å². The van der Waals surface area contributed by atoms with Crippen LogP contribution < -0.4 is 4.74 Å². The maximum atomic E-state index is 11.3. The van der Waals surface area contributed by atoms with Gasteiger partial charge in [0.25, 0.3) is 0 Å². The Morgan fingerprint density at radius 1 is 0.920 bits per heavy atom. The zero-order valence-electron chi connectivity index (χ0n) is 14.4. The number of ether oxygens (including phenoxy) is 2. The number of esters is 1. The standard InChI is InChI=1S/C21H22O4/c1-3-21(23)25-15-5-4-14-24-20-12-10-19(11-13-20)18-8-6-17(7-9-18)16(2)22/h3,6-13H,1,4-5,14-15H2,2H3. The fraction of sp³-hybridized carbons (Fsp3) is 0.238. The molecule has 0 saturated heterocycles. The van der Waals surface area contributed by atoms with Crippen LogP contribution in [0.3, 0.4) is 0 Å². The molecule has 0 bridgehead atoms. The molecule has 25 heavy (non-hydrogen) atoms. The molecule has 0 unspecified atom stereocenters. The van der Waals surface area contributed by atoms with E-state index in [2.05, 4.69) is 6.58 Å². The van der Waals surface area contributed by atoms with Gasteiger partial charge in [-0.1, -0.05) is 43.0 Å². The van der Waals surface area contributed by atoms with Crippen molar-refractivity contribution in [1.29, 1.82) is 0 Å². The van der Waals surface area contributed by atoms with E-state index in [1.807, 2.05) is 48.5 Å². The molecule has 2 aromatic carbocycles. The van der Waals surface area contributed by atoms with E-state index in [9.17, 15) is 9.59 Å². The summed E-state index contributed by atoms with van der Waals surface area (Å²) in [5, 5.41) is 0. The first-order chi connectivity index (χ1) is 12.1. The van der Waals surface area contributed by atoms with E-state index < -0.39 is 5.97 Å². The van der Waals surface area contributed by atoms with E-state index in [-0.39, 0.29) is 5.78 Å². The molecule has 0 atom stereocenters. The van der Waals surface area contributed by atoms with Crippen LogP contribution in [0.4, 0.5) is 0 Å². The minimum absolute atomic E-state index is 0.0644. The van der Waals surface area contributed by atoms with Crippen molar-refractivity contribution in [2.45, 2.75) is 19.8 Å². The predicted molar refractivity (Wildman–Crippen MR) is 97.8 cm³/mol. The van der Waals surface area contributed by atoms with Gasteiger partial charge in [-0.25, -0.2) is 4.79 Å². The van der Waals surface area contributed by atoms with Gasteiger partial charge in [-0.2, -0.15) is 0 Å². The third-order valence-electron chi connectivity index (χ3n) is 3.70. The highest BCUT2D eigenvalue weighted by molar-refractivity contribution is 5.94. The summed E-state index contributed by atoms with van der Waals surface area (Å²) in [5.74, 6) is 0.467. The lowest BCUT2D eigenvalue weighted by molar-refractivity contribution is -0.137. The summed E-state index contributed by atoms with van der Waals surface area (Å²) in [6, 6.07) is 15.4. The van der Waals surface area contributed by atoms with Crippen molar-refractivity contribution in [3.8, 4) is 16.9 Å². The third-order valence-corrected chi connectivity index (χ3v) is 3.70. The van der Waals surface area contributed by atoms with E-state index in [0.717, 1.165) is 35.8 Å². The molecule has 4 nitrogen and oxygen atoms in total. The molecule has 0 aliphatic heterocycles. The van der Waals surface area contributed by atoms with Crippen molar-refractivity contribution in [3.63, 3.8) is 0 Å². The lowest BCUT2D eigenvalue weighted by Crippen LogP contribution is -2.04. The fourth-order valence-electron chi connectivity index (χ4n) is 2.27. The summed E-state index contributed by atoms with van der Waals surface area (Å²) in [5.41, 5.74) is 2.84. The van der Waals surface area contributed by atoms with E-state index >= 15 is 0 Å². The molecule has 0 aliphatic carbocycles. The molecule has 0 fully saturated rings. The van der Waals surface area contributed by atoms with Crippen LogP contribution in [-0.2, 0) is 9.53 Å². The maximum Gasteiger partial charge on any atom is 0.330 e. The summed E-state index contributed by atoms with van der Waals surface area (Å²) in [6.45, 7) is 5.85. The number of hydrogen-bond acceptors (Lipinski definition) is 4. The molecule has 0 heterocycles. The van der Waals surface area contributed by atoms with Gasteiger partial charge in [-0.15, -0.1) is 0 Å². The molecule has 4 heteroatoms. The molecule has 130 valence electrons. The van der Waals surface area contributed by atoms with Crippen LogP contribution in [0.2, 0.25) is 0 Å². The third kappa shape index (κ3) is 5.92. The van der Waals surface area contributed by atoms with Crippen molar-refractivity contribution in [2.24, 2.45) is 0 Å². The van der Waals surface area contributed by atoms with Crippen molar-refractivity contribution >= 4 is 11.8 Å². The normalized spacial score (nSPS) is 10.1. The van der Waals surface area contributed by atoms with Crippen molar-refractivity contribution in [3.05, 3.63) is 66.7 Å². The quantitative estimate of drug-likeness (QED) is 0.293. The highest BCUT2D eigenvalue weighted by atomic mass is 16.5. The predicted octanol–water partition coefficient (Wildman–Crippen LogP) is 4.44. The van der Waals surface area contributed by atoms with E-state index in [0.29, 0.717) is 18.8 Å². The highest BCUT2D eigenvalue weighted by Gasteiger charge is 2.02. The Morgan fingerprint density at radius 2 is 1.48 bits per heavy atom. The van der Waals surface area contributed by atoms with E-state index in [1.54, 1.807) is 6.92 Å². The molecule has 2 aromatic rings. The minimum atomic E-state index is -0.396. The molecule has 0 spiro atoms. The molecule has 0 amide bonds. The van der Waals surface area contributed by atoms with Crippen molar-refractivity contribution < 1.29 is 19.1 Å². The number of benzene rings is 2. The Labute approximate surface area is 148 Å². The van der Waals surface area contributed by atoms with Crippen LogP contribution in [0.25, 0.3) is 11.1 Å². The van der Waals surface area contributed by atoms with Gasteiger partial charge < -0.3 is 9.47 Å². The first kappa shape index (κ1) is 18.5. The topological polar surface area (TPSA) is 52.6 Å². The average molecular weight is 338 g/mol. The van der Waals surface area contributed by atoms with Crippen molar-refractivity contribution in [2.75, 3.05) is 13.2 Å². The van der Waals surface area contributed by atoms with Crippen molar-refractivity contribution in [1.82, 2.24) is 0 Å². The first-order valence-corrected chi connectivity index (χ1v) is 8.23. The number of rotatable bonds is 9. The molecular weight excluding hydrogens is 316 g/mol. The summed E-state index contributed by atoms with van der Waals surface area (Å²) < 4.78 is 10.6. The zero-order chi connectivity index (χ0) is 18.1. The average Bonchev–Trinajstić information content (AvgIpc) is 2.65. The Hall–Kier alpha value is -2.88. The van der Waals surface area contributed by atoms with Crippen LogP contribution in [0.15, 0.2) is 61.2 Å². The Kier molecular flexibility index (Phi) is 6.96. The molecule has 2 rings (SSSR count). The van der Waals surface area contributed by atoms with Crippen LogP contribution in [-0.4, -0.2) is 25.0 Å². The monoisotopic (exact) mass is 338 g/mol. The number of ketones is 1. The molecule has 0 saturated carbocycles. The van der Waals surface area contributed by atoms with Crippen LogP contribution >= 0.6 is 0 Å². The number of unbranched alkanes of at least 4 members (excludes halogenated alkanes) is 1. The minimum Gasteiger partial charge on any atom is -0.494 e. The molecule has 0 aliphatic rings. The molecular formula is C21H22O4. The second-order valence-corrected chi connectivity index (χ2v) is 5.59. The molecule has 0 aromatic heterocycles.